The van der Waals surface area contributed by atoms with Gasteiger partial charge < -0.3 is 19.5 Å². The van der Waals surface area contributed by atoms with E-state index < -0.39 is 5.79 Å². The van der Waals surface area contributed by atoms with Crippen LogP contribution in [0.5, 0.6) is 0 Å². The van der Waals surface area contributed by atoms with E-state index in [0.29, 0.717) is 13.2 Å². The number of methoxy groups -OCH3 is 1. The maximum atomic E-state index is 12.7. The van der Waals surface area contributed by atoms with E-state index in [9.17, 15) is 4.79 Å². The number of carbonyl (C=O) groups is 1. The summed E-state index contributed by atoms with van der Waals surface area (Å²) in [6.45, 7) is 7.60. The van der Waals surface area contributed by atoms with Crippen LogP contribution < -0.4 is 5.32 Å². The molecule has 0 aromatic rings. The Kier molecular flexibility index (Phi) is 3.58. The molecule has 0 aromatic carbocycles. The van der Waals surface area contributed by atoms with Crippen molar-refractivity contribution in [2.75, 3.05) is 20.3 Å². The smallest absolute Gasteiger partial charge is 0.228 e. The molecule has 3 aliphatic rings. The van der Waals surface area contributed by atoms with Gasteiger partial charge in [0.15, 0.2) is 5.79 Å². The van der Waals surface area contributed by atoms with Crippen LogP contribution in [-0.2, 0) is 19.0 Å². The predicted molar refractivity (Wildman–Crippen MR) is 77.7 cm³/mol. The number of amides is 1. The minimum absolute atomic E-state index is 0.0689. The first-order valence-electron chi connectivity index (χ1n) is 7.98. The minimum atomic E-state index is -0.650. The minimum Gasteiger partial charge on any atom is -0.378 e. The summed E-state index contributed by atoms with van der Waals surface area (Å²) in [6, 6.07) is 0.147. The topological polar surface area (TPSA) is 56.8 Å². The molecule has 1 heterocycles. The van der Waals surface area contributed by atoms with Crippen LogP contribution in [0.15, 0.2) is 0 Å². The Morgan fingerprint density at radius 1 is 1.24 bits per heavy atom. The molecule has 120 valence electrons. The highest BCUT2D eigenvalue weighted by molar-refractivity contribution is 5.80. The third kappa shape index (κ3) is 2.13. The summed E-state index contributed by atoms with van der Waals surface area (Å²) < 4.78 is 17.2. The second-order valence-corrected chi connectivity index (χ2v) is 7.38. The second kappa shape index (κ2) is 4.93. The Balaban J connectivity index is 1.65. The van der Waals surface area contributed by atoms with E-state index in [-0.39, 0.29) is 28.9 Å². The molecule has 3 fully saturated rings. The lowest BCUT2D eigenvalue weighted by Gasteiger charge is -2.59. The van der Waals surface area contributed by atoms with Gasteiger partial charge in [0.1, 0.15) is 0 Å². The van der Waals surface area contributed by atoms with Crippen molar-refractivity contribution in [3.63, 3.8) is 0 Å². The molecule has 0 aromatic heterocycles. The third-order valence-corrected chi connectivity index (χ3v) is 6.24. The highest BCUT2D eigenvalue weighted by Crippen LogP contribution is 2.52. The van der Waals surface area contributed by atoms with Gasteiger partial charge in [0.2, 0.25) is 5.91 Å². The van der Waals surface area contributed by atoms with Gasteiger partial charge in [-0.05, 0) is 26.2 Å². The molecular weight excluding hydrogens is 270 g/mol. The standard InChI is InChI=1S/C16H27NO4/c1-14(2)12(10-15(14,3)19-4)17-13(18)11-6-5-7-16(11)20-8-9-21-16/h11-12H,5-10H2,1-4H3,(H,17,18)/t11-,12-,15+/m0/s1. The molecule has 0 unspecified atom stereocenters. The van der Waals surface area contributed by atoms with Crippen LogP contribution in [0.3, 0.4) is 0 Å². The SMILES string of the molecule is CO[C@]1(C)C[C@H](NC(=O)[C@@H]2CCCC23OCCO3)C1(C)C. The molecule has 2 saturated carbocycles. The molecule has 2 aliphatic carbocycles. The fraction of sp³-hybridized carbons (Fsp3) is 0.938. The van der Waals surface area contributed by atoms with E-state index in [1.165, 1.54) is 0 Å². The van der Waals surface area contributed by atoms with Crippen molar-refractivity contribution in [2.45, 2.75) is 63.9 Å². The lowest BCUT2D eigenvalue weighted by atomic mass is 9.55. The Labute approximate surface area is 126 Å². The summed E-state index contributed by atoms with van der Waals surface area (Å²) >= 11 is 0. The Hall–Kier alpha value is -0.650. The number of nitrogens with one attached hydrogen (secondary N) is 1. The van der Waals surface area contributed by atoms with Crippen LogP contribution in [0.4, 0.5) is 0 Å². The van der Waals surface area contributed by atoms with Gasteiger partial charge in [-0.15, -0.1) is 0 Å². The lowest BCUT2D eigenvalue weighted by molar-refractivity contribution is -0.197. The van der Waals surface area contributed by atoms with Gasteiger partial charge in [0.25, 0.3) is 0 Å². The largest absolute Gasteiger partial charge is 0.378 e. The summed E-state index contributed by atoms with van der Waals surface area (Å²) in [5, 5.41) is 3.21. The maximum absolute atomic E-state index is 12.7. The highest BCUT2D eigenvalue weighted by atomic mass is 16.7. The van der Waals surface area contributed by atoms with Gasteiger partial charge in [-0.2, -0.15) is 0 Å². The van der Waals surface area contributed by atoms with Gasteiger partial charge in [-0.25, -0.2) is 0 Å². The number of hydrogen-bond acceptors (Lipinski definition) is 4. The molecule has 3 atom stereocenters. The van der Waals surface area contributed by atoms with Crippen molar-refractivity contribution >= 4 is 5.91 Å². The van der Waals surface area contributed by atoms with Crippen molar-refractivity contribution in [1.29, 1.82) is 0 Å². The molecule has 3 rings (SSSR count). The second-order valence-electron chi connectivity index (χ2n) is 7.38. The van der Waals surface area contributed by atoms with Gasteiger partial charge in [-0.1, -0.05) is 13.8 Å². The zero-order chi connectivity index (χ0) is 15.3. The summed E-state index contributed by atoms with van der Waals surface area (Å²) in [5.74, 6) is -0.751. The Bertz CT molecular complexity index is 424. The van der Waals surface area contributed by atoms with Gasteiger partial charge in [-0.3, -0.25) is 4.79 Å². The summed E-state index contributed by atoms with van der Waals surface area (Å²) in [7, 11) is 1.74. The van der Waals surface area contributed by atoms with E-state index in [1.807, 2.05) is 0 Å². The zero-order valence-corrected chi connectivity index (χ0v) is 13.5. The number of hydrogen-bond donors (Lipinski definition) is 1. The monoisotopic (exact) mass is 297 g/mol. The first kappa shape index (κ1) is 15.3. The zero-order valence-electron chi connectivity index (χ0n) is 13.5. The number of rotatable bonds is 3. The van der Waals surface area contributed by atoms with E-state index in [0.717, 1.165) is 25.7 Å². The van der Waals surface area contributed by atoms with E-state index >= 15 is 0 Å². The molecule has 5 nitrogen and oxygen atoms in total. The number of carbonyl (C=O) groups excluding carboxylic acids is 1. The van der Waals surface area contributed by atoms with Crippen LogP contribution in [0.2, 0.25) is 0 Å². The maximum Gasteiger partial charge on any atom is 0.228 e. The van der Waals surface area contributed by atoms with Crippen LogP contribution in [0.1, 0.15) is 46.5 Å². The van der Waals surface area contributed by atoms with E-state index in [4.69, 9.17) is 14.2 Å². The average Bonchev–Trinajstić information content (AvgIpc) is 3.08. The van der Waals surface area contributed by atoms with Gasteiger partial charge in [0, 0.05) is 25.0 Å². The van der Waals surface area contributed by atoms with Crippen LogP contribution in [-0.4, -0.2) is 43.7 Å². The lowest BCUT2D eigenvalue weighted by Crippen LogP contribution is -2.69. The first-order chi connectivity index (χ1) is 9.85. The quantitative estimate of drug-likeness (QED) is 0.864. The molecular formula is C16H27NO4. The third-order valence-electron chi connectivity index (χ3n) is 6.24. The first-order valence-corrected chi connectivity index (χ1v) is 7.98. The average molecular weight is 297 g/mol. The normalized spacial score (nSPS) is 40.2. The summed E-state index contributed by atoms with van der Waals surface area (Å²) in [4.78, 5) is 12.7. The molecule has 1 spiro atoms. The molecule has 0 radical (unpaired) electrons. The number of ether oxygens (including phenoxy) is 3. The summed E-state index contributed by atoms with van der Waals surface area (Å²) in [6.07, 6.45) is 3.51. The van der Waals surface area contributed by atoms with Gasteiger partial charge >= 0.3 is 0 Å². The fourth-order valence-corrected chi connectivity index (χ4v) is 4.09. The van der Waals surface area contributed by atoms with Gasteiger partial charge in [0.05, 0.1) is 24.7 Å². The Morgan fingerprint density at radius 3 is 2.48 bits per heavy atom. The van der Waals surface area contributed by atoms with Crippen LogP contribution >= 0.6 is 0 Å². The molecule has 1 saturated heterocycles. The molecule has 21 heavy (non-hydrogen) atoms. The van der Waals surface area contributed by atoms with Crippen molar-refractivity contribution in [3.8, 4) is 0 Å². The Morgan fingerprint density at radius 2 is 1.90 bits per heavy atom. The van der Waals surface area contributed by atoms with Crippen molar-refractivity contribution in [1.82, 2.24) is 5.32 Å². The van der Waals surface area contributed by atoms with E-state index in [2.05, 4.69) is 26.1 Å². The van der Waals surface area contributed by atoms with Crippen LogP contribution in [0, 0.1) is 11.3 Å². The fourth-order valence-electron chi connectivity index (χ4n) is 4.09. The van der Waals surface area contributed by atoms with Crippen molar-refractivity contribution in [3.05, 3.63) is 0 Å². The highest BCUT2D eigenvalue weighted by Gasteiger charge is 2.59. The van der Waals surface area contributed by atoms with Crippen molar-refractivity contribution < 1.29 is 19.0 Å². The molecule has 1 N–H and O–H groups in total. The molecule has 1 aliphatic heterocycles. The molecule has 1 amide bonds. The van der Waals surface area contributed by atoms with Crippen molar-refractivity contribution in [2.24, 2.45) is 11.3 Å². The summed E-state index contributed by atoms with van der Waals surface area (Å²) in [5.41, 5.74) is -0.237. The molecule has 5 heteroatoms. The predicted octanol–water partition coefficient (Wildman–Crippen LogP) is 1.85. The van der Waals surface area contributed by atoms with E-state index in [1.54, 1.807) is 7.11 Å². The molecule has 0 bridgehead atoms. The van der Waals surface area contributed by atoms with Crippen LogP contribution in [0.25, 0.3) is 0 Å².